The molecular formula is C15H18ClN3O3. The number of nitrogens with one attached hydrogen (secondary N) is 2. The molecule has 0 aromatic heterocycles. The number of hydrogen-bond donors (Lipinski definition) is 2. The van der Waals surface area contributed by atoms with Gasteiger partial charge in [0.25, 0.3) is 11.8 Å². The lowest BCUT2D eigenvalue weighted by Gasteiger charge is -2.27. The van der Waals surface area contributed by atoms with Gasteiger partial charge in [0, 0.05) is 25.6 Å². The summed E-state index contributed by atoms with van der Waals surface area (Å²) in [5, 5.41) is 5.89. The molecule has 1 fully saturated rings. The standard InChI is InChI=1S/C15H17N3O3.ClH/c1-9-2-3-11-12(4-9)15(21)18(14(11)20)8-13(19)17-7-10-5-16-6-10;/h2-4,10,16H,5-8H2,1H3,(H,17,19);1H. The molecule has 3 rings (SSSR count). The number of fused-ring (bicyclic) bond motifs is 1. The maximum Gasteiger partial charge on any atom is 0.262 e. The predicted molar refractivity (Wildman–Crippen MR) is 83.2 cm³/mol. The number of nitrogens with zero attached hydrogens (tertiary/aromatic N) is 1. The van der Waals surface area contributed by atoms with Gasteiger partial charge in [0.15, 0.2) is 0 Å². The fourth-order valence-corrected chi connectivity index (χ4v) is 2.50. The van der Waals surface area contributed by atoms with E-state index in [1.54, 1.807) is 18.2 Å². The lowest BCUT2D eigenvalue weighted by Crippen LogP contribution is -2.49. The fraction of sp³-hybridized carbons (Fsp3) is 0.400. The first-order valence-electron chi connectivity index (χ1n) is 7.00. The third-order valence-electron chi connectivity index (χ3n) is 3.88. The summed E-state index contributed by atoms with van der Waals surface area (Å²) < 4.78 is 0. The Labute approximate surface area is 134 Å². The maximum atomic E-state index is 12.2. The van der Waals surface area contributed by atoms with Gasteiger partial charge in [-0.15, -0.1) is 12.4 Å². The molecule has 6 nitrogen and oxygen atoms in total. The molecule has 2 heterocycles. The van der Waals surface area contributed by atoms with E-state index in [1.807, 2.05) is 6.92 Å². The van der Waals surface area contributed by atoms with Gasteiger partial charge in [-0.2, -0.15) is 0 Å². The van der Waals surface area contributed by atoms with E-state index in [0.717, 1.165) is 23.6 Å². The van der Waals surface area contributed by atoms with Gasteiger partial charge in [0.05, 0.1) is 11.1 Å². The van der Waals surface area contributed by atoms with Crippen LogP contribution >= 0.6 is 12.4 Å². The first kappa shape index (κ1) is 16.5. The molecule has 0 saturated carbocycles. The van der Waals surface area contributed by atoms with Crippen LogP contribution in [0.4, 0.5) is 0 Å². The van der Waals surface area contributed by atoms with Crippen LogP contribution in [0.15, 0.2) is 18.2 Å². The van der Waals surface area contributed by atoms with Crippen molar-refractivity contribution in [2.75, 3.05) is 26.2 Å². The SMILES string of the molecule is Cc1ccc2c(c1)C(=O)N(CC(=O)NCC1CNC1)C2=O.Cl. The zero-order valence-corrected chi connectivity index (χ0v) is 13.0. The Morgan fingerprint density at radius 3 is 2.59 bits per heavy atom. The molecule has 2 aliphatic heterocycles. The third-order valence-corrected chi connectivity index (χ3v) is 3.88. The van der Waals surface area contributed by atoms with Gasteiger partial charge in [-0.3, -0.25) is 19.3 Å². The van der Waals surface area contributed by atoms with Gasteiger partial charge in [-0.05, 0) is 19.1 Å². The van der Waals surface area contributed by atoms with E-state index in [0.29, 0.717) is 23.6 Å². The van der Waals surface area contributed by atoms with Crippen molar-refractivity contribution in [3.63, 3.8) is 0 Å². The van der Waals surface area contributed by atoms with Crippen molar-refractivity contribution in [2.45, 2.75) is 6.92 Å². The van der Waals surface area contributed by atoms with Crippen LogP contribution in [0.2, 0.25) is 0 Å². The highest BCUT2D eigenvalue weighted by molar-refractivity contribution is 6.22. The lowest BCUT2D eigenvalue weighted by atomic mass is 10.0. The highest BCUT2D eigenvalue weighted by Crippen LogP contribution is 2.23. The van der Waals surface area contributed by atoms with Gasteiger partial charge >= 0.3 is 0 Å². The average Bonchev–Trinajstić information content (AvgIpc) is 2.62. The first-order valence-corrected chi connectivity index (χ1v) is 7.00. The zero-order chi connectivity index (χ0) is 15.0. The fourth-order valence-electron chi connectivity index (χ4n) is 2.50. The molecule has 3 amide bonds. The smallest absolute Gasteiger partial charge is 0.262 e. The van der Waals surface area contributed by atoms with E-state index in [1.165, 1.54) is 0 Å². The molecule has 1 aromatic carbocycles. The van der Waals surface area contributed by atoms with Gasteiger partial charge in [-0.1, -0.05) is 11.6 Å². The normalized spacial score (nSPS) is 16.9. The Hall–Kier alpha value is -1.92. The number of amides is 3. The van der Waals surface area contributed by atoms with Crippen LogP contribution in [0.3, 0.4) is 0 Å². The minimum absolute atomic E-state index is 0. The van der Waals surface area contributed by atoms with Gasteiger partial charge in [0.1, 0.15) is 6.54 Å². The predicted octanol–water partition coefficient (Wildman–Crippen LogP) is 0.348. The van der Waals surface area contributed by atoms with E-state index in [9.17, 15) is 14.4 Å². The maximum absolute atomic E-state index is 12.2. The molecule has 1 aromatic rings. The summed E-state index contributed by atoms with van der Waals surface area (Å²) >= 11 is 0. The monoisotopic (exact) mass is 323 g/mol. The number of rotatable bonds is 4. The molecule has 0 spiro atoms. The van der Waals surface area contributed by atoms with Crippen LogP contribution in [-0.4, -0.2) is 48.8 Å². The molecule has 0 atom stereocenters. The average molecular weight is 324 g/mol. The van der Waals surface area contributed by atoms with E-state index < -0.39 is 5.91 Å². The molecule has 2 N–H and O–H groups in total. The van der Waals surface area contributed by atoms with Crippen LogP contribution in [0.1, 0.15) is 26.3 Å². The number of carbonyl (C=O) groups excluding carboxylic acids is 3. The summed E-state index contributed by atoms with van der Waals surface area (Å²) in [6, 6.07) is 5.12. The Kier molecular flexibility index (Phi) is 4.83. The van der Waals surface area contributed by atoms with Crippen LogP contribution in [0.5, 0.6) is 0 Å². The Morgan fingerprint density at radius 2 is 1.95 bits per heavy atom. The number of hydrogen-bond acceptors (Lipinski definition) is 4. The minimum Gasteiger partial charge on any atom is -0.354 e. The quantitative estimate of drug-likeness (QED) is 0.784. The molecule has 7 heteroatoms. The summed E-state index contributed by atoms with van der Waals surface area (Å²) in [6.45, 7) is 4.01. The largest absolute Gasteiger partial charge is 0.354 e. The van der Waals surface area contributed by atoms with Gasteiger partial charge in [0.2, 0.25) is 5.91 Å². The number of imide groups is 1. The van der Waals surface area contributed by atoms with Gasteiger partial charge < -0.3 is 10.6 Å². The number of aryl methyl sites for hydroxylation is 1. The molecule has 1 saturated heterocycles. The molecule has 0 bridgehead atoms. The molecule has 22 heavy (non-hydrogen) atoms. The number of benzene rings is 1. The van der Waals surface area contributed by atoms with E-state index in [4.69, 9.17) is 0 Å². The molecule has 0 unspecified atom stereocenters. The van der Waals surface area contributed by atoms with Crippen LogP contribution < -0.4 is 10.6 Å². The molecule has 2 aliphatic rings. The number of carbonyl (C=O) groups is 3. The second kappa shape index (κ2) is 6.46. The van der Waals surface area contributed by atoms with Crippen molar-refractivity contribution < 1.29 is 14.4 Å². The Bertz CT molecular complexity index is 628. The van der Waals surface area contributed by atoms with Crippen molar-refractivity contribution >= 4 is 30.1 Å². The minimum atomic E-state index is -0.393. The first-order chi connectivity index (χ1) is 10.1. The van der Waals surface area contributed by atoms with Crippen molar-refractivity contribution in [3.05, 3.63) is 34.9 Å². The van der Waals surface area contributed by atoms with Crippen LogP contribution in [0.25, 0.3) is 0 Å². The van der Waals surface area contributed by atoms with Crippen molar-refractivity contribution in [3.8, 4) is 0 Å². The second-order valence-electron chi connectivity index (χ2n) is 5.57. The van der Waals surface area contributed by atoms with Crippen molar-refractivity contribution in [2.24, 2.45) is 5.92 Å². The summed E-state index contributed by atoms with van der Waals surface area (Å²) in [7, 11) is 0. The second-order valence-corrected chi connectivity index (χ2v) is 5.57. The Balaban J connectivity index is 0.00000176. The molecular weight excluding hydrogens is 306 g/mol. The molecule has 0 aliphatic carbocycles. The number of halogens is 1. The summed E-state index contributed by atoms with van der Waals surface area (Å²) in [5.41, 5.74) is 1.68. The van der Waals surface area contributed by atoms with Crippen molar-refractivity contribution in [1.29, 1.82) is 0 Å². The van der Waals surface area contributed by atoms with E-state index >= 15 is 0 Å². The highest BCUT2D eigenvalue weighted by atomic mass is 35.5. The molecule has 0 radical (unpaired) electrons. The van der Waals surface area contributed by atoms with Crippen molar-refractivity contribution in [1.82, 2.24) is 15.5 Å². The summed E-state index contributed by atoms with van der Waals surface area (Å²) in [6.07, 6.45) is 0. The summed E-state index contributed by atoms with van der Waals surface area (Å²) in [4.78, 5) is 37.3. The highest BCUT2D eigenvalue weighted by Gasteiger charge is 2.36. The topological polar surface area (TPSA) is 78.5 Å². The van der Waals surface area contributed by atoms with E-state index in [-0.39, 0.29) is 30.8 Å². The molecule has 118 valence electrons. The summed E-state index contributed by atoms with van der Waals surface area (Å²) in [5.74, 6) is -0.637. The van der Waals surface area contributed by atoms with E-state index in [2.05, 4.69) is 10.6 Å². The Morgan fingerprint density at radius 1 is 1.27 bits per heavy atom. The lowest BCUT2D eigenvalue weighted by molar-refractivity contribution is -0.121. The van der Waals surface area contributed by atoms with Crippen LogP contribution in [0, 0.1) is 12.8 Å². The van der Waals surface area contributed by atoms with Crippen LogP contribution in [-0.2, 0) is 4.79 Å². The zero-order valence-electron chi connectivity index (χ0n) is 12.2. The third kappa shape index (κ3) is 2.98. The van der Waals surface area contributed by atoms with Gasteiger partial charge in [-0.25, -0.2) is 0 Å².